The van der Waals surface area contributed by atoms with Gasteiger partial charge in [-0.25, -0.2) is 9.97 Å². The zero-order valence-electron chi connectivity index (χ0n) is 18.5. The smallest absolute Gasteiger partial charge is 0.253 e. The maximum Gasteiger partial charge on any atom is 0.253 e. The van der Waals surface area contributed by atoms with E-state index in [0.29, 0.717) is 43.3 Å². The molecule has 0 bridgehead atoms. The zero-order valence-corrected chi connectivity index (χ0v) is 18.5. The van der Waals surface area contributed by atoms with Gasteiger partial charge in [0, 0.05) is 25.4 Å². The van der Waals surface area contributed by atoms with Crippen molar-refractivity contribution in [1.29, 1.82) is 0 Å². The molecule has 4 rings (SSSR count). The second-order valence-electron chi connectivity index (χ2n) is 8.04. The molecule has 166 valence electrons. The highest BCUT2D eigenvalue weighted by Crippen LogP contribution is 2.28. The van der Waals surface area contributed by atoms with E-state index in [1.54, 1.807) is 24.5 Å². The quantitative estimate of drug-likeness (QED) is 0.543. The number of hydrogen-bond acceptors (Lipinski definition) is 5. The minimum absolute atomic E-state index is 0.0438. The number of ether oxygens (including phenoxy) is 1. The van der Waals surface area contributed by atoms with Crippen molar-refractivity contribution in [2.24, 2.45) is 0 Å². The molecule has 3 aromatic rings. The summed E-state index contributed by atoms with van der Waals surface area (Å²) >= 11 is 0. The first-order valence-electron chi connectivity index (χ1n) is 11.0. The number of benzene rings is 1. The maximum absolute atomic E-state index is 13.3. The van der Waals surface area contributed by atoms with Crippen LogP contribution in [0.3, 0.4) is 0 Å². The molecule has 3 heterocycles. The van der Waals surface area contributed by atoms with Crippen LogP contribution in [0.4, 0.5) is 0 Å². The fourth-order valence-electron chi connectivity index (χ4n) is 4.18. The number of fused-ring (bicyclic) bond motifs is 1. The van der Waals surface area contributed by atoms with Crippen molar-refractivity contribution in [2.75, 3.05) is 6.61 Å². The molecule has 0 radical (unpaired) electrons. The van der Waals surface area contributed by atoms with E-state index in [0.717, 1.165) is 17.7 Å². The van der Waals surface area contributed by atoms with E-state index < -0.39 is 0 Å². The summed E-state index contributed by atoms with van der Waals surface area (Å²) in [5.41, 5.74) is 2.95. The van der Waals surface area contributed by atoms with Crippen molar-refractivity contribution < 1.29 is 14.3 Å². The van der Waals surface area contributed by atoms with Crippen LogP contribution in [0.1, 0.15) is 76.6 Å². The third kappa shape index (κ3) is 4.62. The second kappa shape index (κ2) is 9.87. The van der Waals surface area contributed by atoms with Gasteiger partial charge in [0.25, 0.3) is 5.91 Å². The van der Waals surface area contributed by atoms with Crippen LogP contribution in [0.15, 0.2) is 54.9 Å². The Morgan fingerprint density at radius 1 is 1.16 bits per heavy atom. The molecule has 0 saturated heterocycles. The van der Waals surface area contributed by atoms with Crippen molar-refractivity contribution in [3.8, 4) is 0 Å². The first-order chi connectivity index (χ1) is 15.6. The average Bonchev–Trinajstić information content (AvgIpc) is 3.23. The maximum atomic E-state index is 13.3. The monoisotopic (exact) mass is 432 g/mol. The molecule has 32 heavy (non-hydrogen) atoms. The topological polar surface area (TPSA) is 86.1 Å². The Kier molecular flexibility index (Phi) is 6.75. The molecular weight excluding hydrogens is 404 g/mol. The summed E-state index contributed by atoms with van der Waals surface area (Å²) in [7, 11) is 0. The van der Waals surface area contributed by atoms with Gasteiger partial charge in [-0.3, -0.25) is 9.59 Å². The largest absolute Gasteiger partial charge is 0.373 e. The van der Waals surface area contributed by atoms with E-state index in [1.807, 2.05) is 29.7 Å². The molecule has 0 unspecified atom stereocenters. The van der Waals surface area contributed by atoms with E-state index in [1.165, 1.54) is 0 Å². The first kappa shape index (κ1) is 21.9. The number of nitrogens with zero attached hydrogens (tertiary/aromatic N) is 3. The standard InChI is InChI=1S/C25H28N4O3/c1-3-18(19-8-5-4-6-9-19)14-23(30)21-15-20(22-16-32-13-12-29(21)22)25(31)28-17(2)24-26-10-7-11-27-24/h4-11,15,17-18H,3,12-14,16H2,1-2H3,(H,28,31)/t17-,18-/m1/s1. The molecule has 2 aromatic heterocycles. The van der Waals surface area contributed by atoms with Gasteiger partial charge in [-0.1, -0.05) is 37.3 Å². The zero-order chi connectivity index (χ0) is 22.5. The third-order valence-corrected chi connectivity index (χ3v) is 5.95. The van der Waals surface area contributed by atoms with Gasteiger partial charge in [0.1, 0.15) is 5.82 Å². The fourth-order valence-corrected chi connectivity index (χ4v) is 4.18. The summed E-state index contributed by atoms with van der Waals surface area (Å²) in [6.07, 6.45) is 4.56. The molecule has 0 aliphatic carbocycles. The molecule has 1 amide bonds. The van der Waals surface area contributed by atoms with E-state index in [4.69, 9.17) is 4.74 Å². The number of nitrogens with one attached hydrogen (secondary N) is 1. The Labute approximate surface area is 187 Å². The molecule has 0 spiro atoms. The Hall–Kier alpha value is -3.32. The molecule has 1 aliphatic heterocycles. The van der Waals surface area contributed by atoms with Gasteiger partial charge in [-0.05, 0) is 37.0 Å². The molecule has 0 fully saturated rings. The summed E-state index contributed by atoms with van der Waals surface area (Å²) in [6.45, 7) is 5.32. The summed E-state index contributed by atoms with van der Waals surface area (Å²) in [6, 6.07) is 13.2. The Balaban J connectivity index is 1.57. The van der Waals surface area contributed by atoms with Crippen molar-refractivity contribution in [2.45, 2.75) is 51.8 Å². The minimum Gasteiger partial charge on any atom is -0.373 e. The van der Waals surface area contributed by atoms with Gasteiger partial charge in [0.2, 0.25) is 0 Å². The van der Waals surface area contributed by atoms with Crippen molar-refractivity contribution in [3.63, 3.8) is 0 Å². The average molecular weight is 433 g/mol. The molecule has 1 aliphatic rings. The minimum atomic E-state index is -0.356. The lowest BCUT2D eigenvalue weighted by Gasteiger charge is -2.20. The van der Waals surface area contributed by atoms with E-state index in [2.05, 4.69) is 34.3 Å². The Bertz CT molecular complexity index is 1080. The summed E-state index contributed by atoms with van der Waals surface area (Å²) in [5, 5.41) is 2.95. The van der Waals surface area contributed by atoms with E-state index >= 15 is 0 Å². The lowest BCUT2D eigenvalue weighted by Crippen LogP contribution is -2.29. The van der Waals surface area contributed by atoms with Crippen LogP contribution in [0, 0.1) is 0 Å². The van der Waals surface area contributed by atoms with Crippen LogP contribution in [-0.2, 0) is 17.9 Å². The summed E-state index contributed by atoms with van der Waals surface area (Å²) in [5.74, 6) is 0.466. The van der Waals surface area contributed by atoms with Gasteiger partial charge in [0.05, 0.1) is 36.2 Å². The highest BCUT2D eigenvalue weighted by Gasteiger charge is 2.28. The summed E-state index contributed by atoms with van der Waals surface area (Å²) < 4.78 is 7.55. The van der Waals surface area contributed by atoms with Crippen molar-refractivity contribution in [3.05, 3.63) is 83.2 Å². The van der Waals surface area contributed by atoms with Crippen LogP contribution in [0.25, 0.3) is 0 Å². The predicted octanol–water partition coefficient (Wildman–Crippen LogP) is 4.07. The fraction of sp³-hybridized carbons (Fsp3) is 0.360. The second-order valence-corrected chi connectivity index (χ2v) is 8.04. The van der Waals surface area contributed by atoms with Crippen molar-refractivity contribution >= 4 is 11.7 Å². The third-order valence-electron chi connectivity index (χ3n) is 5.95. The number of amides is 1. The Morgan fingerprint density at radius 3 is 2.62 bits per heavy atom. The SMILES string of the molecule is CC[C@H](CC(=O)c1cc(C(=O)N[C@H](C)c2ncccn2)c2n1CCOC2)c1ccccc1. The number of hydrogen-bond donors (Lipinski definition) is 1. The molecule has 0 saturated carbocycles. The van der Waals surface area contributed by atoms with Crippen LogP contribution in [-0.4, -0.2) is 32.8 Å². The number of aromatic nitrogens is 3. The van der Waals surface area contributed by atoms with E-state index in [9.17, 15) is 9.59 Å². The van der Waals surface area contributed by atoms with Gasteiger partial charge in [0.15, 0.2) is 5.78 Å². The normalized spacial score (nSPS) is 14.9. The van der Waals surface area contributed by atoms with Gasteiger partial charge in [-0.15, -0.1) is 0 Å². The van der Waals surface area contributed by atoms with E-state index in [-0.39, 0.29) is 23.7 Å². The molecule has 7 nitrogen and oxygen atoms in total. The van der Waals surface area contributed by atoms with Crippen LogP contribution in [0.2, 0.25) is 0 Å². The lowest BCUT2D eigenvalue weighted by atomic mass is 9.90. The summed E-state index contributed by atoms with van der Waals surface area (Å²) in [4.78, 5) is 34.8. The number of carbonyl (C=O) groups excluding carboxylic acids is 2. The Morgan fingerprint density at radius 2 is 1.91 bits per heavy atom. The molecular formula is C25H28N4O3. The lowest BCUT2D eigenvalue weighted by molar-refractivity contribution is 0.0781. The predicted molar refractivity (Wildman–Crippen MR) is 120 cm³/mol. The number of Topliss-reactive ketones (excluding diaryl/α,β-unsaturated/α-hetero) is 1. The van der Waals surface area contributed by atoms with Crippen LogP contribution >= 0.6 is 0 Å². The van der Waals surface area contributed by atoms with Gasteiger partial charge in [-0.2, -0.15) is 0 Å². The van der Waals surface area contributed by atoms with Gasteiger partial charge >= 0.3 is 0 Å². The number of carbonyl (C=O) groups is 2. The number of ketones is 1. The van der Waals surface area contributed by atoms with Crippen molar-refractivity contribution in [1.82, 2.24) is 19.9 Å². The molecule has 7 heteroatoms. The molecule has 2 atom stereocenters. The van der Waals surface area contributed by atoms with Crippen LogP contribution in [0.5, 0.6) is 0 Å². The van der Waals surface area contributed by atoms with Crippen LogP contribution < -0.4 is 5.32 Å². The highest BCUT2D eigenvalue weighted by molar-refractivity contribution is 6.01. The van der Waals surface area contributed by atoms with Gasteiger partial charge < -0.3 is 14.6 Å². The molecule has 1 N–H and O–H groups in total. The first-order valence-corrected chi connectivity index (χ1v) is 11.0. The molecule has 1 aromatic carbocycles. The highest BCUT2D eigenvalue weighted by atomic mass is 16.5. The number of rotatable bonds is 8.